The minimum Gasteiger partial charge on any atom is -0.345 e. The number of carbonyl (C=O) groups excluding carboxylic acids is 1. The molecule has 0 spiro atoms. The molecule has 1 aliphatic heterocycles. The summed E-state index contributed by atoms with van der Waals surface area (Å²) in [6.07, 6.45) is 5.47. The summed E-state index contributed by atoms with van der Waals surface area (Å²) in [5, 5.41) is 19.1. The van der Waals surface area contributed by atoms with Crippen LogP contribution in [0.2, 0.25) is 0 Å². The van der Waals surface area contributed by atoms with Crippen molar-refractivity contribution in [1.29, 1.82) is 5.26 Å². The minimum atomic E-state index is -0.0906. The van der Waals surface area contributed by atoms with Crippen LogP contribution >= 0.6 is 0 Å². The number of carbonyl (C=O) groups is 1. The Morgan fingerprint density at radius 2 is 2.33 bits per heavy atom. The lowest BCUT2D eigenvalue weighted by Gasteiger charge is -2.33. The van der Waals surface area contributed by atoms with Crippen molar-refractivity contribution in [2.45, 2.75) is 25.2 Å². The SMILES string of the molecule is N#CCC(=O)N1CCCC(c2ccnc3nnc4[nH]ccc4c23)C1. The zero-order valence-electron chi connectivity index (χ0n) is 13.1. The number of amides is 1. The molecule has 0 bridgehead atoms. The Morgan fingerprint density at radius 3 is 3.21 bits per heavy atom. The smallest absolute Gasteiger partial charge is 0.236 e. The average Bonchev–Trinajstić information content (AvgIpc) is 3.10. The molecule has 24 heavy (non-hydrogen) atoms. The van der Waals surface area contributed by atoms with E-state index in [1.165, 1.54) is 0 Å². The summed E-state index contributed by atoms with van der Waals surface area (Å²) in [7, 11) is 0. The van der Waals surface area contributed by atoms with Gasteiger partial charge in [0.05, 0.1) is 6.07 Å². The predicted molar refractivity (Wildman–Crippen MR) is 88.0 cm³/mol. The second kappa shape index (κ2) is 5.89. The second-order valence-corrected chi connectivity index (χ2v) is 6.05. The highest BCUT2D eigenvalue weighted by atomic mass is 16.2. The number of nitrogens with zero attached hydrogens (tertiary/aromatic N) is 5. The molecular weight excluding hydrogens is 304 g/mol. The standard InChI is InChI=1S/C17H16N6O/c18-6-3-14(24)23-9-1-2-11(10-23)12-4-7-20-17-15(12)13-5-8-19-16(13)21-22-17/h4-5,7-8,11H,1-3,9-10H2,(H,19,21). The van der Waals surface area contributed by atoms with Gasteiger partial charge in [-0.1, -0.05) is 0 Å². The van der Waals surface area contributed by atoms with Gasteiger partial charge in [0.15, 0.2) is 11.3 Å². The van der Waals surface area contributed by atoms with Crippen LogP contribution in [0.5, 0.6) is 0 Å². The number of nitriles is 1. The topological polar surface area (TPSA) is 98.6 Å². The van der Waals surface area contributed by atoms with Gasteiger partial charge in [0.2, 0.25) is 5.91 Å². The van der Waals surface area contributed by atoms with E-state index in [0.717, 1.165) is 41.4 Å². The molecule has 4 rings (SSSR count). The number of rotatable bonds is 2. The fraction of sp³-hybridized carbons (Fsp3) is 0.353. The van der Waals surface area contributed by atoms with Gasteiger partial charge in [-0.2, -0.15) is 5.26 Å². The Balaban J connectivity index is 1.77. The molecule has 1 unspecified atom stereocenters. The van der Waals surface area contributed by atoms with E-state index in [4.69, 9.17) is 5.26 Å². The molecule has 1 N–H and O–H groups in total. The van der Waals surface area contributed by atoms with Gasteiger partial charge in [-0.15, -0.1) is 10.2 Å². The molecule has 1 aliphatic rings. The predicted octanol–water partition coefficient (Wildman–Crippen LogP) is 2.13. The number of aromatic nitrogens is 4. The van der Waals surface area contributed by atoms with Crippen LogP contribution < -0.4 is 0 Å². The summed E-state index contributed by atoms with van der Waals surface area (Å²) in [5.74, 6) is 0.126. The molecule has 120 valence electrons. The summed E-state index contributed by atoms with van der Waals surface area (Å²) in [4.78, 5) is 21.3. The number of H-pyrrole nitrogens is 1. The summed E-state index contributed by atoms with van der Waals surface area (Å²) >= 11 is 0. The summed E-state index contributed by atoms with van der Waals surface area (Å²) in [6, 6.07) is 5.94. The first kappa shape index (κ1) is 14.6. The van der Waals surface area contributed by atoms with Crippen molar-refractivity contribution in [3.63, 3.8) is 0 Å². The number of likely N-dealkylation sites (tertiary alicyclic amines) is 1. The Kier molecular flexibility index (Phi) is 3.58. The van der Waals surface area contributed by atoms with Crippen LogP contribution in [0.25, 0.3) is 22.1 Å². The molecule has 0 radical (unpaired) electrons. The molecule has 3 aromatic heterocycles. The molecular formula is C17H16N6O. The fourth-order valence-corrected chi connectivity index (χ4v) is 3.54. The minimum absolute atomic E-state index is 0.0582. The fourth-order valence-electron chi connectivity index (χ4n) is 3.54. The number of hydrogen-bond acceptors (Lipinski definition) is 5. The third kappa shape index (κ3) is 2.36. The van der Waals surface area contributed by atoms with Crippen molar-refractivity contribution >= 4 is 28.0 Å². The first-order chi connectivity index (χ1) is 11.8. The van der Waals surface area contributed by atoms with Crippen molar-refractivity contribution < 1.29 is 4.79 Å². The van der Waals surface area contributed by atoms with E-state index in [2.05, 4.69) is 20.2 Å². The van der Waals surface area contributed by atoms with Gasteiger partial charge in [0.1, 0.15) is 6.42 Å². The summed E-state index contributed by atoms with van der Waals surface area (Å²) in [5.41, 5.74) is 2.51. The molecule has 3 aromatic rings. The quantitative estimate of drug-likeness (QED) is 0.780. The first-order valence-electron chi connectivity index (χ1n) is 8.01. The third-order valence-electron chi connectivity index (χ3n) is 4.65. The summed E-state index contributed by atoms with van der Waals surface area (Å²) in [6.45, 7) is 1.35. The largest absolute Gasteiger partial charge is 0.345 e. The zero-order valence-corrected chi connectivity index (χ0v) is 13.1. The van der Waals surface area contributed by atoms with E-state index in [1.807, 2.05) is 24.4 Å². The van der Waals surface area contributed by atoms with E-state index in [9.17, 15) is 4.79 Å². The maximum absolute atomic E-state index is 12.1. The Hall–Kier alpha value is -3.01. The van der Waals surface area contributed by atoms with Crippen LogP contribution in [0.15, 0.2) is 24.5 Å². The number of piperidine rings is 1. The van der Waals surface area contributed by atoms with Crippen molar-refractivity contribution in [2.24, 2.45) is 0 Å². The summed E-state index contributed by atoms with van der Waals surface area (Å²) < 4.78 is 0. The first-order valence-corrected chi connectivity index (χ1v) is 8.01. The van der Waals surface area contributed by atoms with Crippen molar-refractivity contribution in [1.82, 2.24) is 25.1 Å². The lowest BCUT2D eigenvalue weighted by molar-refractivity contribution is -0.131. The van der Waals surface area contributed by atoms with E-state index >= 15 is 0 Å². The Bertz CT molecular complexity index is 957. The molecule has 0 saturated carbocycles. The molecule has 1 atom stereocenters. The van der Waals surface area contributed by atoms with Crippen LogP contribution in [0.3, 0.4) is 0 Å². The Morgan fingerprint density at radius 1 is 1.42 bits per heavy atom. The number of fused-ring (bicyclic) bond motifs is 3. The molecule has 4 heterocycles. The molecule has 0 aliphatic carbocycles. The lowest BCUT2D eigenvalue weighted by atomic mass is 9.88. The number of aromatic amines is 1. The molecule has 1 fully saturated rings. The molecule has 7 heteroatoms. The zero-order chi connectivity index (χ0) is 16.5. The normalized spacial score (nSPS) is 18.0. The van der Waals surface area contributed by atoms with E-state index in [0.29, 0.717) is 12.2 Å². The van der Waals surface area contributed by atoms with Crippen LogP contribution in [-0.2, 0) is 4.79 Å². The monoisotopic (exact) mass is 320 g/mol. The highest BCUT2D eigenvalue weighted by Crippen LogP contribution is 2.33. The van der Waals surface area contributed by atoms with Gasteiger partial charge in [-0.3, -0.25) is 4.79 Å². The van der Waals surface area contributed by atoms with Crippen molar-refractivity contribution in [3.05, 3.63) is 30.1 Å². The van der Waals surface area contributed by atoms with Gasteiger partial charge in [0.25, 0.3) is 0 Å². The average molecular weight is 320 g/mol. The van der Waals surface area contributed by atoms with E-state index in [1.54, 1.807) is 11.1 Å². The van der Waals surface area contributed by atoms with Gasteiger partial charge >= 0.3 is 0 Å². The Labute approximate surface area is 138 Å². The van der Waals surface area contributed by atoms with Gasteiger partial charge in [-0.05, 0) is 30.5 Å². The lowest BCUT2D eigenvalue weighted by Crippen LogP contribution is -2.38. The number of pyridine rings is 1. The third-order valence-corrected chi connectivity index (χ3v) is 4.65. The van der Waals surface area contributed by atoms with Gasteiger partial charge in [0, 0.05) is 42.2 Å². The molecule has 0 aromatic carbocycles. The number of nitrogens with one attached hydrogen (secondary N) is 1. The number of hydrogen-bond donors (Lipinski definition) is 1. The maximum atomic E-state index is 12.1. The van der Waals surface area contributed by atoms with Crippen LogP contribution in [0, 0.1) is 11.3 Å². The van der Waals surface area contributed by atoms with Crippen LogP contribution in [-0.4, -0.2) is 44.1 Å². The molecule has 7 nitrogen and oxygen atoms in total. The van der Waals surface area contributed by atoms with Crippen LogP contribution in [0.4, 0.5) is 0 Å². The van der Waals surface area contributed by atoms with Crippen molar-refractivity contribution in [3.8, 4) is 6.07 Å². The van der Waals surface area contributed by atoms with E-state index < -0.39 is 0 Å². The van der Waals surface area contributed by atoms with Crippen molar-refractivity contribution in [2.75, 3.05) is 13.1 Å². The molecule has 1 saturated heterocycles. The van der Waals surface area contributed by atoms with Crippen LogP contribution in [0.1, 0.15) is 30.7 Å². The van der Waals surface area contributed by atoms with Gasteiger partial charge < -0.3 is 9.88 Å². The van der Waals surface area contributed by atoms with E-state index in [-0.39, 0.29) is 18.2 Å². The second-order valence-electron chi connectivity index (χ2n) is 6.05. The highest BCUT2D eigenvalue weighted by molar-refractivity contribution is 6.03. The van der Waals surface area contributed by atoms with Gasteiger partial charge in [-0.25, -0.2) is 4.98 Å². The highest BCUT2D eigenvalue weighted by Gasteiger charge is 2.26. The molecule has 1 amide bonds. The maximum Gasteiger partial charge on any atom is 0.236 e.